The van der Waals surface area contributed by atoms with Gasteiger partial charge in [-0.15, -0.1) is 0 Å². The smallest absolute Gasteiger partial charge is 0.123 e. The van der Waals surface area contributed by atoms with Gasteiger partial charge in [-0.05, 0) is 49.5 Å². The van der Waals surface area contributed by atoms with Gasteiger partial charge in [-0.3, -0.25) is 0 Å². The van der Waals surface area contributed by atoms with Gasteiger partial charge in [0, 0.05) is 19.1 Å². The van der Waals surface area contributed by atoms with E-state index in [2.05, 4.69) is 10.2 Å². The molecule has 0 amide bonds. The third kappa shape index (κ3) is 2.50. The molecule has 1 N–H and O–H groups in total. The summed E-state index contributed by atoms with van der Waals surface area (Å²) in [7, 11) is 0. The van der Waals surface area contributed by atoms with E-state index in [9.17, 15) is 4.39 Å². The van der Waals surface area contributed by atoms with E-state index >= 15 is 0 Å². The molecule has 0 radical (unpaired) electrons. The first kappa shape index (κ1) is 11.2. The number of nitrogens with one attached hydrogen (secondary N) is 1. The summed E-state index contributed by atoms with van der Waals surface area (Å²) in [5.41, 5.74) is 1.17. The maximum atomic E-state index is 12.8. The predicted molar refractivity (Wildman–Crippen MR) is 66.2 cm³/mol. The minimum absolute atomic E-state index is 0.155. The fourth-order valence-corrected chi connectivity index (χ4v) is 3.07. The van der Waals surface area contributed by atoms with Crippen LogP contribution in [0.3, 0.4) is 0 Å². The predicted octanol–water partition coefficient (Wildman–Crippen LogP) is 2.01. The number of piperidine rings is 1. The molecule has 2 bridgehead atoms. The summed E-state index contributed by atoms with van der Waals surface area (Å²) in [5, 5.41) is 3.64. The van der Waals surface area contributed by atoms with Gasteiger partial charge in [0.25, 0.3) is 0 Å². The Balaban J connectivity index is 1.55. The van der Waals surface area contributed by atoms with E-state index in [1.165, 1.54) is 50.2 Å². The van der Waals surface area contributed by atoms with Crippen LogP contribution in [0.4, 0.5) is 4.39 Å². The Morgan fingerprint density at radius 2 is 1.94 bits per heavy atom. The summed E-state index contributed by atoms with van der Waals surface area (Å²) in [5.74, 6) is 0.669. The lowest BCUT2D eigenvalue weighted by Crippen LogP contribution is -2.43. The number of nitrogens with zero attached hydrogens (tertiary/aromatic N) is 1. The van der Waals surface area contributed by atoms with Gasteiger partial charge >= 0.3 is 0 Å². The molecule has 3 atom stereocenters. The van der Waals surface area contributed by atoms with Crippen molar-refractivity contribution in [3.63, 3.8) is 0 Å². The SMILES string of the molecule is Fc1ccc(CNC2CCN3CCC2C3)cc1. The molecule has 2 fully saturated rings. The fourth-order valence-electron chi connectivity index (χ4n) is 3.07. The van der Waals surface area contributed by atoms with Crippen molar-refractivity contribution in [2.45, 2.75) is 25.4 Å². The van der Waals surface area contributed by atoms with E-state index in [4.69, 9.17) is 0 Å². The Morgan fingerprint density at radius 1 is 1.18 bits per heavy atom. The molecule has 0 spiro atoms. The molecule has 2 heterocycles. The van der Waals surface area contributed by atoms with Crippen LogP contribution in [-0.4, -0.2) is 30.6 Å². The van der Waals surface area contributed by atoms with E-state index in [0.29, 0.717) is 6.04 Å². The summed E-state index contributed by atoms with van der Waals surface area (Å²) < 4.78 is 12.8. The van der Waals surface area contributed by atoms with Crippen LogP contribution in [0.2, 0.25) is 0 Å². The molecule has 3 heteroatoms. The van der Waals surface area contributed by atoms with Gasteiger partial charge in [0.05, 0.1) is 0 Å². The van der Waals surface area contributed by atoms with Crippen LogP contribution in [0.15, 0.2) is 24.3 Å². The Morgan fingerprint density at radius 3 is 2.76 bits per heavy atom. The minimum Gasteiger partial charge on any atom is -0.310 e. The van der Waals surface area contributed by atoms with E-state index in [-0.39, 0.29) is 5.82 Å². The number of hydrogen-bond donors (Lipinski definition) is 1. The molecule has 3 unspecified atom stereocenters. The molecular formula is C14H19FN2. The fraction of sp³-hybridized carbons (Fsp3) is 0.571. The Kier molecular flexibility index (Phi) is 3.12. The molecule has 1 aromatic rings. The highest BCUT2D eigenvalue weighted by Crippen LogP contribution is 2.27. The normalized spacial score (nSPS) is 31.7. The highest BCUT2D eigenvalue weighted by atomic mass is 19.1. The number of hydrogen-bond acceptors (Lipinski definition) is 2. The van der Waals surface area contributed by atoms with Crippen molar-refractivity contribution >= 4 is 0 Å². The maximum Gasteiger partial charge on any atom is 0.123 e. The van der Waals surface area contributed by atoms with Crippen molar-refractivity contribution < 1.29 is 4.39 Å². The minimum atomic E-state index is -0.155. The third-order valence-electron chi connectivity index (χ3n) is 4.12. The van der Waals surface area contributed by atoms with Crippen molar-refractivity contribution in [1.82, 2.24) is 10.2 Å². The zero-order chi connectivity index (χ0) is 11.7. The zero-order valence-corrected chi connectivity index (χ0v) is 10.0. The van der Waals surface area contributed by atoms with Gasteiger partial charge < -0.3 is 10.2 Å². The quantitative estimate of drug-likeness (QED) is 0.860. The second-order valence-corrected chi connectivity index (χ2v) is 5.25. The molecular weight excluding hydrogens is 215 g/mol. The molecule has 0 aromatic heterocycles. The van der Waals surface area contributed by atoms with Gasteiger partial charge in [0.1, 0.15) is 5.82 Å². The molecule has 2 saturated heterocycles. The van der Waals surface area contributed by atoms with Crippen LogP contribution in [0.25, 0.3) is 0 Å². The van der Waals surface area contributed by atoms with Crippen LogP contribution >= 0.6 is 0 Å². The van der Waals surface area contributed by atoms with Crippen molar-refractivity contribution in [2.24, 2.45) is 5.92 Å². The van der Waals surface area contributed by atoms with Crippen molar-refractivity contribution in [1.29, 1.82) is 0 Å². The van der Waals surface area contributed by atoms with Crippen molar-refractivity contribution in [3.05, 3.63) is 35.6 Å². The molecule has 0 aliphatic carbocycles. The van der Waals surface area contributed by atoms with Gasteiger partial charge in [0.2, 0.25) is 0 Å². The number of fused-ring (bicyclic) bond motifs is 2. The number of halogens is 1. The molecule has 2 nitrogen and oxygen atoms in total. The second-order valence-electron chi connectivity index (χ2n) is 5.25. The number of benzene rings is 1. The Bertz CT molecular complexity index is 376. The zero-order valence-electron chi connectivity index (χ0n) is 10.0. The molecule has 0 saturated carbocycles. The second kappa shape index (κ2) is 4.75. The maximum absolute atomic E-state index is 12.8. The van der Waals surface area contributed by atoms with Crippen LogP contribution in [0, 0.1) is 11.7 Å². The lowest BCUT2D eigenvalue weighted by Gasteiger charge is -2.31. The lowest BCUT2D eigenvalue weighted by atomic mass is 9.94. The van der Waals surface area contributed by atoms with E-state index in [1.807, 2.05) is 12.1 Å². The van der Waals surface area contributed by atoms with E-state index in [1.54, 1.807) is 0 Å². The summed E-state index contributed by atoms with van der Waals surface area (Å²) in [6.45, 7) is 4.64. The number of rotatable bonds is 3. The highest BCUT2D eigenvalue weighted by molar-refractivity contribution is 5.16. The third-order valence-corrected chi connectivity index (χ3v) is 4.12. The van der Waals surface area contributed by atoms with Crippen molar-refractivity contribution in [3.8, 4) is 0 Å². The molecule has 2 aliphatic heterocycles. The van der Waals surface area contributed by atoms with E-state index in [0.717, 1.165) is 12.5 Å². The Labute approximate surface area is 102 Å². The van der Waals surface area contributed by atoms with Crippen LogP contribution in [0.1, 0.15) is 18.4 Å². The molecule has 3 rings (SSSR count). The van der Waals surface area contributed by atoms with Crippen molar-refractivity contribution in [2.75, 3.05) is 19.6 Å². The Hall–Kier alpha value is -0.930. The monoisotopic (exact) mass is 234 g/mol. The summed E-state index contributed by atoms with van der Waals surface area (Å²) in [4.78, 5) is 2.56. The summed E-state index contributed by atoms with van der Waals surface area (Å²) >= 11 is 0. The first-order valence-corrected chi connectivity index (χ1v) is 6.51. The largest absolute Gasteiger partial charge is 0.310 e. The molecule has 1 aromatic carbocycles. The summed E-state index contributed by atoms with van der Waals surface area (Å²) in [6.07, 6.45) is 2.59. The lowest BCUT2D eigenvalue weighted by molar-refractivity contribution is 0.220. The van der Waals surface area contributed by atoms with Gasteiger partial charge in [-0.1, -0.05) is 12.1 Å². The van der Waals surface area contributed by atoms with Crippen LogP contribution in [-0.2, 0) is 6.54 Å². The van der Waals surface area contributed by atoms with Gasteiger partial charge in [-0.2, -0.15) is 0 Å². The highest BCUT2D eigenvalue weighted by Gasteiger charge is 2.33. The topological polar surface area (TPSA) is 15.3 Å². The molecule has 17 heavy (non-hydrogen) atoms. The average molecular weight is 234 g/mol. The summed E-state index contributed by atoms with van der Waals surface area (Å²) in [6, 6.07) is 7.46. The van der Waals surface area contributed by atoms with E-state index < -0.39 is 0 Å². The van der Waals surface area contributed by atoms with Crippen LogP contribution < -0.4 is 5.32 Å². The first-order valence-electron chi connectivity index (χ1n) is 6.51. The standard InChI is InChI=1S/C14H19FN2/c15-13-3-1-11(2-4-13)9-16-14-6-8-17-7-5-12(14)10-17/h1-4,12,14,16H,5-10H2. The average Bonchev–Trinajstić information content (AvgIpc) is 2.73. The molecule has 2 aliphatic rings. The molecule has 92 valence electrons. The first-order chi connectivity index (χ1) is 8.31. The van der Waals surface area contributed by atoms with Crippen LogP contribution in [0.5, 0.6) is 0 Å². The van der Waals surface area contributed by atoms with Gasteiger partial charge in [-0.25, -0.2) is 4.39 Å². The van der Waals surface area contributed by atoms with Gasteiger partial charge in [0.15, 0.2) is 0 Å².